The number of hydrogen-bond donors (Lipinski definition) is 3. The molecular formula is C15H20N10O. The molecule has 0 amide bonds. The number of pyridine rings is 1. The fourth-order valence-electron chi connectivity index (χ4n) is 2.18. The molecule has 0 saturated heterocycles. The molecule has 2 aromatic rings. The Labute approximate surface area is 150 Å². The summed E-state index contributed by atoms with van der Waals surface area (Å²) < 4.78 is 1.50. The number of aromatic nitrogens is 4. The maximum atomic E-state index is 11.2. The van der Waals surface area contributed by atoms with Crippen LogP contribution < -0.4 is 16.4 Å². The van der Waals surface area contributed by atoms with Crippen molar-refractivity contribution in [2.45, 2.75) is 19.9 Å². The van der Waals surface area contributed by atoms with Gasteiger partial charge in [0.15, 0.2) is 5.82 Å². The van der Waals surface area contributed by atoms with Crippen LogP contribution in [0.15, 0.2) is 16.6 Å². The molecule has 0 aliphatic heterocycles. The quantitative estimate of drug-likeness (QED) is 0.596. The van der Waals surface area contributed by atoms with Gasteiger partial charge < -0.3 is 16.4 Å². The van der Waals surface area contributed by atoms with Crippen LogP contribution in [0.5, 0.6) is 0 Å². The van der Waals surface area contributed by atoms with E-state index in [9.17, 15) is 10.1 Å². The average Bonchev–Trinajstić information content (AvgIpc) is 3.12. The number of nitriles is 1. The predicted octanol–water partition coefficient (Wildman–Crippen LogP) is 1.27. The Balaban J connectivity index is 2.27. The Kier molecular flexibility index (Phi) is 6.29. The predicted molar refractivity (Wildman–Crippen MR) is 95.7 cm³/mol. The monoisotopic (exact) mass is 356 g/mol. The Bertz CT molecular complexity index is 864. The zero-order chi connectivity index (χ0) is 19.1. The van der Waals surface area contributed by atoms with Gasteiger partial charge in [0.05, 0.1) is 12.1 Å². The zero-order valence-corrected chi connectivity index (χ0v) is 14.8. The van der Waals surface area contributed by atoms with E-state index >= 15 is 0 Å². The van der Waals surface area contributed by atoms with Gasteiger partial charge >= 0.3 is 0 Å². The highest BCUT2D eigenvalue weighted by Gasteiger charge is 2.16. The van der Waals surface area contributed by atoms with Crippen molar-refractivity contribution >= 4 is 29.1 Å². The average molecular weight is 356 g/mol. The first kappa shape index (κ1) is 18.9. The summed E-state index contributed by atoms with van der Waals surface area (Å²) in [6.45, 7) is 2.14. The van der Waals surface area contributed by atoms with Crippen LogP contribution in [0.4, 0.5) is 23.3 Å². The molecule has 0 aliphatic rings. The van der Waals surface area contributed by atoms with Crippen LogP contribution in [0.2, 0.25) is 0 Å². The standard InChI is InChI=1S/C15H20N10O/c1-9-11(7-17)13(18-2)21-14(19-3)12(9)22-23-15-20-8-25(24-15)5-4-10(26)6-16/h8H,4-6,16H2,1-3H3,(H2,18,19,21). The van der Waals surface area contributed by atoms with E-state index in [-0.39, 0.29) is 24.7 Å². The topological polar surface area (TPSA) is 159 Å². The molecule has 0 spiro atoms. The minimum Gasteiger partial charge on any atom is -0.372 e. The van der Waals surface area contributed by atoms with Crippen molar-refractivity contribution in [2.75, 3.05) is 31.3 Å². The summed E-state index contributed by atoms with van der Waals surface area (Å²) in [5, 5.41) is 27.4. The molecule has 26 heavy (non-hydrogen) atoms. The van der Waals surface area contributed by atoms with Crippen LogP contribution in [-0.4, -0.2) is 46.2 Å². The Morgan fingerprint density at radius 1 is 1.35 bits per heavy atom. The molecule has 0 unspecified atom stereocenters. The molecule has 0 bridgehead atoms. The number of azo groups is 1. The van der Waals surface area contributed by atoms with Gasteiger partial charge in [-0.3, -0.25) is 9.48 Å². The van der Waals surface area contributed by atoms with Crippen LogP contribution in [0.3, 0.4) is 0 Å². The van der Waals surface area contributed by atoms with Crippen molar-refractivity contribution in [3.8, 4) is 6.07 Å². The lowest BCUT2D eigenvalue weighted by Gasteiger charge is -2.11. The van der Waals surface area contributed by atoms with Crippen LogP contribution in [-0.2, 0) is 11.3 Å². The van der Waals surface area contributed by atoms with E-state index in [2.05, 4.69) is 42.0 Å². The lowest BCUT2D eigenvalue weighted by molar-refractivity contribution is -0.118. The summed E-state index contributed by atoms with van der Waals surface area (Å²) >= 11 is 0. The summed E-state index contributed by atoms with van der Waals surface area (Å²) in [7, 11) is 3.39. The van der Waals surface area contributed by atoms with E-state index in [1.807, 2.05) is 0 Å². The number of nitrogens with one attached hydrogen (secondary N) is 2. The van der Waals surface area contributed by atoms with Crippen molar-refractivity contribution in [3.05, 3.63) is 17.5 Å². The molecule has 0 radical (unpaired) electrons. The largest absolute Gasteiger partial charge is 0.372 e. The van der Waals surface area contributed by atoms with Crippen LogP contribution in [0.1, 0.15) is 17.5 Å². The van der Waals surface area contributed by atoms with Crippen molar-refractivity contribution < 1.29 is 4.79 Å². The highest BCUT2D eigenvalue weighted by Crippen LogP contribution is 2.33. The van der Waals surface area contributed by atoms with Gasteiger partial charge in [0, 0.05) is 32.6 Å². The third kappa shape index (κ3) is 4.17. The Morgan fingerprint density at radius 3 is 2.69 bits per heavy atom. The van der Waals surface area contributed by atoms with E-state index in [4.69, 9.17) is 5.73 Å². The molecule has 0 atom stereocenters. The van der Waals surface area contributed by atoms with Gasteiger partial charge in [-0.2, -0.15) is 10.2 Å². The summed E-state index contributed by atoms with van der Waals surface area (Å²) in [6, 6.07) is 2.11. The van der Waals surface area contributed by atoms with Crippen LogP contribution in [0.25, 0.3) is 0 Å². The number of hydrogen-bond acceptors (Lipinski definition) is 10. The molecule has 4 N–H and O–H groups in total. The third-order valence-corrected chi connectivity index (χ3v) is 3.61. The second-order valence-corrected chi connectivity index (χ2v) is 5.27. The zero-order valence-electron chi connectivity index (χ0n) is 14.8. The molecule has 0 saturated carbocycles. The van der Waals surface area contributed by atoms with E-state index in [1.165, 1.54) is 11.0 Å². The van der Waals surface area contributed by atoms with E-state index in [1.54, 1.807) is 21.0 Å². The molecule has 136 valence electrons. The number of ketones is 1. The minimum absolute atomic E-state index is 0.00414. The SMILES string of the molecule is CNc1nc(NC)c(N=Nc2ncn(CCC(=O)CN)n2)c(C)c1C#N. The summed E-state index contributed by atoms with van der Waals surface area (Å²) in [4.78, 5) is 19.6. The first-order valence-electron chi connectivity index (χ1n) is 7.87. The van der Waals surface area contributed by atoms with Crippen molar-refractivity contribution in [1.82, 2.24) is 19.7 Å². The number of Topliss-reactive ketones (excluding diaryl/α,β-unsaturated/α-hetero) is 1. The van der Waals surface area contributed by atoms with E-state index in [0.29, 0.717) is 35.0 Å². The molecule has 0 fully saturated rings. The fraction of sp³-hybridized carbons (Fsp3) is 0.400. The Hall–Kier alpha value is -3.39. The fourth-order valence-corrected chi connectivity index (χ4v) is 2.18. The van der Waals surface area contributed by atoms with Gasteiger partial charge in [0.2, 0.25) is 0 Å². The molecule has 2 aromatic heterocycles. The van der Waals surface area contributed by atoms with Crippen LogP contribution >= 0.6 is 0 Å². The number of anilines is 2. The summed E-state index contributed by atoms with van der Waals surface area (Å²) in [5.74, 6) is 1.02. The molecule has 2 rings (SSSR count). The highest BCUT2D eigenvalue weighted by atomic mass is 16.1. The maximum absolute atomic E-state index is 11.2. The van der Waals surface area contributed by atoms with Crippen molar-refractivity contribution in [1.29, 1.82) is 5.26 Å². The first-order valence-corrected chi connectivity index (χ1v) is 7.87. The summed E-state index contributed by atoms with van der Waals surface area (Å²) in [5.41, 5.74) is 6.72. The molecule has 11 nitrogen and oxygen atoms in total. The number of rotatable bonds is 8. The van der Waals surface area contributed by atoms with Gasteiger partial charge in [0.25, 0.3) is 5.95 Å². The molecule has 2 heterocycles. The van der Waals surface area contributed by atoms with Crippen LogP contribution in [0, 0.1) is 18.3 Å². The molecular weight excluding hydrogens is 336 g/mol. The van der Waals surface area contributed by atoms with Crippen molar-refractivity contribution in [3.63, 3.8) is 0 Å². The number of nitrogens with two attached hydrogens (primary N) is 1. The molecule has 11 heteroatoms. The van der Waals surface area contributed by atoms with Gasteiger partial charge in [-0.1, -0.05) is 0 Å². The van der Waals surface area contributed by atoms with Crippen molar-refractivity contribution in [2.24, 2.45) is 16.0 Å². The smallest absolute Gasteiger partial charge is 0.287 e. The van der Waals surface area contributed by atoms with Gasteiger partial charge in [-0.05, 0) is 6.92 Å². The number of aryl methyl sites for hydroxylation is 1. The highest BCUT2D eigenvalue weighted by molar-refractivity contribution is 5.80. The van der Waals surface area contributed by atoms with Gasteiger partial charge in [-0.15, -0.1) is 15.3 Å². The van der Waals surface area contributed by atoms with Gasteiger partial charge in [0.1, 0.15) is 29.7 Å². The Morgan fingerprint density at radius 2 is 2.08 bits per heavy atom. The number of carbonyl (C=O) groups is 1. The molecule has 0 aliphatic carbocycles. The lowest BCUT2D eigenvalue weighted by atomic mass is 10.1. The summed E-state index contributed by atoms with van der Waals surface area (Å²) in [6.07, 6.45) is 1.74. The molecule has 0 aromatic carbocycles. The van der Waals surface area contributed by atoms with E-state index < -0.39 is 0 Å². The normalized spacial score (nSPS) is 10.7. The number of carbonyl (C=O) groups excluding carboxylic acids is 1. The second-order valence-electron chi connectivity index (χ2n) is 5.27. The number of nitrogens with zero attached hydrogens (tertiary/aromatic N) is 7. The lowest BCUT2D eigenvalue weighted by Crippen LogP contribution is -2.15. The van der Waals surface area contributed by atoms with Gasteiger partial charge in [-0.25, -0.2) is 4.98 Å². The minimum atomic E-state index is -0.0577. The second kappa shape index (κ2) is 8.63. The third-order valence-electron chi connectivity index (χ3n) is 3.61. The maximum Gasteiger partial charge on any atom is 0.287 e. The van der Waals surface area contributed by atoms with E-state index in [0.717, 1.165) is 0 Å². The first-order chi connectivity index (χ1) is 12.5.